The van der Waals surface area contributed by atoms with E-state index >= 15 is 0 Å². The van der Waals surface area contributed by atoms with Crippen LogP contribution in [0.1, 0.15) is 18.9 Å². The number of rotatable bonds is 7. The first-order valence-electron chi connectivity index (χ1n) is 8.01. The highest BCUT2D eigenvalue weighted by atomic mass is 16.4. The maximum atomic E-state index is 11.4. The van der Waals surface area contributed by atoms with Crippen LogP contribution in [0.3, 0.4) is 0 Å². The van der Waals surface area contributed by atoms with Gasteiger partial charge in [0.2, 0.25) is 5.91 Å². The topological polar surface area (TPSA) is 81.7 Å². The summed E-state index contributed by atoms with van der Waals surface area (Å²) in [4.78, 5) is 24.4. The minimum absolute atomic E-state index is 0.0597. The predicted molar refractivity (Wildman–Crippen MR) is 87.9 cm³/mol. The van der Waals surface area contributed by atoms with Gasteiger partial charge in [-0.2, -0.15) is 0 Å². The Kier molecular flexibility index (Phi) is 6.55. The number of carboxylic acid groups (broad SMARTS) is 1. The average Bonchev–Trinajstić information content (AvgIpc) is 2.53. The number of aliphatic carboxylic acids is 1. The van der Waals surface area contributed by atoms with Gasteiger partial charge in [-0.1, -0.05) is 30.3 Å². The number of carbonyl (C=O) groups is 2. The molecule has 1 aliphatic heterocycles. The molecule has 23 heavy (non-hydrogen) atoms. The van der Waals surface area contributed by atoms with Crippen molar-refractivity contribution in [1.29, 1.82) is 0 Å². The highest BCUT2D eigenvalue weighted by Crippen LogP contribution is 2.17. The van der Waals surface area contributed by atoms with Crippen molar-refractivity contribution in [2.75, 3.05) is 26.2 Å². The Morgan fingerprint density at radius 2 is 2.00 bits per heavy atom. The third-order valence-corrected chi connectivity index (χ3v) is 4.12. The van der Waals surface area contributed by atoms with E-state index in [4.69, 9.17) is 0 Å². The molecule has 0 radical (unpaired) electrons. The van der Waals surface area contributed by atoms with Gasteiger partial charge in [-0.15, -0.1) is 0 Å². The zero-order valence-corrected chi connectivity index (χ0v) is 13.5. The molecule has 3 N–H and O–H groups in total. The van der Waals surface area contributed by atoms with Crippen molar-refractivity contribution in [3.05, 3.63) is 35.9 Å². The molecule has 1 aromatic rings. The van der Waals surface area contributed by atoms with Crippen molar-refractivity contribution in [1.82, 2.24) is 15.5 Å². The number of piperidine rings is 1. The summed E-state index contributed by atoms with van der Waals surface area (Å²) in [6.45, 7) is 4.78. The quantitative estimate of drug-likeness (QED) is 0.689. The van der Waals surface area contributed by atoms with Crippen LogP contribution in [0.15, 0.2) is 30.3 Å². The average molecular weight is 319 g/mol. The molecule has 1 amide bonds. The smallest absolute Gasteiger partial charge is 0.307 e. The van der Waals surface area contributed by atoms with Gasteiger partial charge < -0.3 is 15.7 Å². The Morgan fingerprint density at radius 3 is 2.65 bits per heavy atom. The molecule has 2 rings (SSSR count). The van der Waals surface area contributed by atoms with E-state index < -0.39 is 5.97 Å². The Morgan fingerprint density at radius 1 is 1.26 bits per heavy atom. The van der Waals surface area contributed by atoms with Gasteiger partial charge in [0.25, 0.3) is 0 Å². The molecular formula is C17H25N3O3. The van der Waals surface area contributed by atoms with Gasteiger partial charge in [-0.25, -0.2) is 0 Å². The van der Waals surface area contributed by atoms with Crippen molar-refractivity contribution in [2.45, 2.75) is 25.9 Å². The molecule has 1 aliphatic rings. The van der Waals surface area contributed by atoms with E-state index in [-0.39, 0.29) is 17.9 Å². The van der Waals surface area contributed by atoms with Crippen molar-refractivity contribution in [3.8, 4) is 0 Å². The molecule has 0 bridgehead atoms. The van der Waals surface area contributed by atoms with E-state index in [0.717, 1.165) is 13.1 Å². The second-order valence-corrected chi connectivity index (χ2v) is 6.08. The molecule has 1 saturated heterocycles. The summed E-state index contributed by atoms with van der Waals surface area (Å²) in [6.07, 6.45) is 0.638. The summed E-state index contributed by atoms with van der Waals surface area (Å²) in [5.74, 6) is -1.18. The first-order chi connectivity index (χ1) is 11.0. The molecular weight excluding hydrogens is 294 g/mol. The summed E-state index contributed by atoms with van der Waals surface area (Å²) in [7, 11) is 0. The van der Waals surface area contributed by atoms with E-state index in [1.165, 1.54) is 12.5 Å². The van der Waals surface area contributed by atoms with Crippen molar-refractivity contribution < 1.29 is 14.7 Å². The van der Waals surface area contributed by atoms with E-state index in [2.05, 4.69) is 27.7 Å². The van der Waals surface area contributed by atoms with Crippen molar-refractivity contribution in [3.63, 3.8) is 0 Å². The van der Waals surface area contributed by atoms with Crippen LogP contribution in [0, 0.1) is 5.92 Å². The molecule has 1 heterocycles. The lowest BCUT2D eigenvalue weighted by atomic mass is 9.94. The number of amides is 1. The fraction of sp³-hybridized carbons (Fsp3) is 0.529. The zero-order chi connectivity index (χ0) is 16.7. The Labute approximate surface area is 136 Å². The minimum Gasteiger partial charge on any atom is -0.481 e. The standard InChI is InChI=1S/C17H25N3O3/c1-13(21)18-7-8-20-11-15(17(22)23)9-16(12-20)19-10-14-5-3-2-4-6-14/h2-6,15-16,19H,7-12H2,1H3,(H,18,21)(H,22,23). The Hall–Kier alpha value is -1.92. The summed E-state index contributed by atoms with van der Waals surface area (Å²) in [5, 5.41) is 15.6. The first kappa shape index (κ1) is 17.4. The Balaban J connectivity index is 1.87. The van der Waals surface area contributed by atoms with Crippen LogP contribution in [-0.4, -0.2) is 54.1 Å². The van der Waals surface area contributed by atoms with Crippen LogP contribution in [0.5, 0.6) is 0 Å². The molecule has 0 aromatic heterocycles. The van der Waals surface area contributed by atoms with Crippen molar-refractivity contribution in [2.24, 2.45) is 5.92 Å². The third kappa shape index (κ3) is 6.00. The SMILES string of the molecule is CC(=O)NCCN1CC(NCc2ccccc2)CC(C(=O)O)C1. The molecule has 1 fully saturated rings. The van der Waals surface area contributed by atoms with E-state index in [1.807, 2.05) is 18.2 Å². The van der Waals surface area contributed by atoms with Gasteiger partial charge in [0, 0.05) is 45.7 Å². The number of hydrogen-bond donors (Lipinski definition) is 3. The molecule has 2 unspecified atom stereocenters. The maximum absolute atomic E-state index is 11.4. The highest BCUT2D eigenvalue weighted by Gasteiger charge is 2.31. The van der Waals surface area contributed by atoms with Gasteiger partial charge in [-0.05, 0) is 12.0 Å². The van der Waals surface area contributed by atoms with Crippen LogP contribution in [0.4, 0.5) is 0 Å². The molecule has 6 nitrogen and oxygen atoms in total. The molecule has 0 aliphatic carbocycles. The van der Waals surface area contributed by atoms with Gasteiger partial charge in [0.1, 0.15) is 0 Å². The normalized spacial score (nSPS) is 21.8. The number of carboxylic acids is 1. The third-order valence-electron chi connectivity index (χ3n) is 4.12. The number of nitrogens with one attached hydrogen (secondary N) is 2. The second kappa shape index (κ2) is 8.64. The highest BCUT2D eigenvalue weighted by molar-refractivity contribution is 5.72. The summed E-state index contributed by atoms with van der Waals surface area (Å²) < 4.78 is 0. The molecule has 126 valence electrons. The molecule has 2 atom stereocenters. The van der Waals surface area contributed by atoms with Crippen LogP contribution in [0.25, 0.3) is 0 Å². The fourth-order valence-corrected chi connectivity index (χ4v) is 2.95. The van der Waals surface area contributed by atoms with E-state index in [0.29, 0.717) is 26.1 Å². The summed E-state index contributed by atoms with van der Waals surface area (Å²) >= 11 is 0. The van der Waals surface area contributed by atoms with Crippen LogP contribution >= 0.6 is 0 Å². The molecule has 0 saturated carbocycles. The zero-order valence-electron chi connectivity index (χ0n) is 13.5. The number of benzene rings is 1. The van der Waals surface area contributed by atoms with Gasteiger partial charge in [0.05, 0.1) is 5.92 Å². The summed E-state index contributed by atoms with van der Waals surface area (Å²) in [6, 6.07) is 10.2. The van der Waals surface area contributed by atoms with Crippen LogP contribution in [0.2, 0.25) is 0 Å². The van der Waals surface area contributed by atoms with E-state index in [1.54, 1.807) is 0 Å². The number of carbonyl (C=O) groups excluding carboxylic acids is 1. The minimum atomic E-state index is -0.749. The number of likely N-dealkylation sites (tertiary alicyclic amines) is 1. The lowest BCUT2D eigenvalue weighted by molar-refractivity contribution is -0.144. The van der Waals surface area contributed by atoms with Gasteiger partial charge in [0.15, 0.2) is 0 Å². The second-order valence-electron chi connectivity index (χ2n) is 6.08. The fourth-order valence-electron chi connectivity index (χ4n) is 2.95. The monoisotopic (exact) mass is 319 g/mol. The van der Waals surface area contributed by atoms with Crippen molar-refractivity contribution >= 4 is 11.9 Å². The Bertz CT molecular complexity index is 521. The van der Waals surface area contributed by atoms with Gasteiger partial charge >= 0.3 is 5.97 Å². The van der Waals surface area contributed by atoms with Crippen LogP contribution in [-0.2, 0) is 16.1 Å². The largest absolute Gasteiger partial charge is 0.481 e. The van der Waals surface area contributed by atoms with E-state index in [9.17, 15) is 14.7 Å². The number of nitrogens with zero attached hydrogens (tertiary/aromatic N) is 1. The molecule has 6 heteroatoms. The van der Waals surface area contributed by atoms with Crippen LogP contribution < -0.4 is 10.6 Å². The molecule has 1 aromatic carbocycles. The lowest BCUT2D eigenvalue weighted by Crippen LogP contribution is -2.52. The summed E-state index contributed by atoms with van der Waals surface area (Å²) in [5.41, 5.74) is 1.19. The lowest BCUT2D eigenvalue weighted by Gasteiger charge is -2.36. The molecule has 0 spiro atoms. The predicted octanol–water partition coefficient (Wildman–Crippen LogP) is 0.687. The maximum Gasteiger partial charge on any atom is 0.307 e. The van der Waals surface area contributed by atoms with Gasteiger partial charge in [-0.3, -0.25) is 14.5 Å². The first-order valence-corrected chi connectivity index (χ1v) is 8.01. The number of hydrogen-bond acceptors (Lipinski definition) is 4.